The van der Waals surface area contributed by atoms with Gasteiger partial charge in [-0.1, -0.05) is 19.3 Å². The van der Waals surface area contributed by atoms with Crippen LogP contribution in [0.4, 0.5) is 5.82 Å². The van der Waals surface area contributed by atoms with E-state index in [0.717, 1.165) is 56.5 Å². The lowest BCUT2D eigenvalue weighted by atomic mass is 10.0. The Kier molecular flexibility index (Phi) is 5.11. The Hall–Kier alpha value is -1.21. The molecule has 1 saturated heterocycles. The van der Waals surface area contributed by atoms with Crippen molar-refractivity contribution in [2.45, 2.75) is 63.2 Å². The summed E-state index contributed by atoms with van der Waals surface area (Å²) < 4.78 is 28.0. The molecule has 0 radical (unpaired) electrons. The summed E-state index contributed by atoms with van der Waals surface area (Å²) in [5.74, 6) is 1.53. The molecule has 1 atom stereocenters. The highest BCUT2D eigenvalue weighted by Crippen LogP contribution is 2.38. The fourth-order valence-corrected chi connectivity index (χ4v) is 6.13. The summed E-state index contributed by atoms with van der Waals surface area (Å²) in [6.45, 7) is 2.48. The molecule has 0 amide bonds. The summed E-state index contributed by atoms with van der Waals surface area (Å²) >= 11 is 0. The minimum absolute atomic E-state index is 0.141. The van der Waals surface area contributed by atoms with E-state index >= 15 is 0 Å². The van der Waals surface area contributed by atoms with Crippen LogP contribution in [0.1, 0.15) is 62.5 Å². The number of sulfonamides is 1. The monoisotopic (exact) mass is 352 g/mol. The second-order valence-electron chi connectivity index (χ2n) is 7.17. The van der Waals surface area contributed by atoms with Crippen LogP contribution in [0.5, 0.6) is 0 Å². The number of anilines is 1. The molecule has 1 aliphatic heterocycles. The lowest BCUT2D eigenvalue weighted by Crippen LogP contribution is -2.39. The molecule has 2 heterocycles. The van der Waals surface area contributed by atoms with E-state index < -0.39 is 10.0 Å². The predicted molar refractivity (Wildman–Crippen MR) is 95.6 cm³/mol. The summed E-state index contributed by atoms with van der Waals surface area (Å²) in [6.07, 6.45) is 6.56. The van der Waals surface area contributed by atoms with Gasteiger partial charge in [0, 0.05) is 26.7 Å². The number of hydrogen-bond acceptors (Lipinski definition) is 5. The van der Waals surface area contributed by atoms with Crippen molar-refractivity contribution in [1.29, 1.82) is 0 Å². The Morgan fingerprint density at radius 1 is 1.08 bits per heavy atom. The topological polar surface area (TPSA) is 66.4 Å². The minimum atomic E-state index is -3.25. The van der Waals surface area contributed by atoms with Gasteiger partial charge in [0.25, 0.3) is 0 Å². The summed E-state index contributed by atoms with van der Waals surface area (Å²) in [5, 5.41) is -0.205. The molecule has 2 fully saturated rings. The molecule has 0 unspecified atom stereocenters. The number of rotatable bonds is 4. The molecule has 0 bridgehead atoms. The molecule has 134 valence electrons. The zero-order chi connectivity index (χ0) is 17.3. The van der Waals surface area contributed by atoms with Gasteiger partial charge in [0.05, 0.1) is 17.0 Å². The average Bonchev–Trinajstić information content (AvgIpc) is 3.05. The van der Waals surface area contributed by atoms with Crippen molar-refractivity contribution < 1.29 is 8.42 Å². The van der Waals surface area contributed by atoms with Gasteiger partial charge in [-0.25, -0.2) is 18.4 Å². The van der Waals surface area contributed by atoms with Crippen LogP contribution in [0.3, 0.4) is 0 Å². The van der Waals surface area contributed by atoms with Gasteiger partial charge in [-0.2, -0.15) is 4.31 Å². The molecule has 1 aliphatic carbocycles. The maximum Gasteiger partial charge on any atom is 0.217 e. The summed E-state index contributed by atoms with van der Waals surface area (Å²) in [4.78, 5) is 10.9. The van der Waals surface area contributed by atoms with Gasteiger partial charge in [0.15, 0.2) is 0 Å². The van der Waals surface area contributed by atoms with Crippen molar-refractivity contribution in [3.05, 3.63) is 17.6 Å². The van der Waals surface area contributed by atoms with E-state index in [0.29, 0.717) is 12.4 Å². The lowest BCUT2D eigenvalue weighted by Gasteiger charge is -2.30. The fourth-order valence-electron chi connectivity index (χ4n) is 3.87. The lowest BCUT2D eigenvalue weighted by molar-refractivity contribution is 0.369. The van der Waals surface area contributed by atoms with Crippen molar-refractivity contribution in [3.8, 4) is 0 Å². The molecule has 1 aromatic rings. The Labute approximate surface area is 145 Å². The van der Waals surface area contributed by atoms with Gasteiger partial charge in [-0.15, -0.1) is 0 Å². The van der Waals surface area contributed by atoms with Crippen LogP contribution < -0.4 is 4.90 Å². The van der Waals surface area contributed by atoms with Crippen LogP contribution in [0.2, 0.25) is 0 Å². The van der Waals surface area contributed by atoms with E-state index in [1.807, 2.05) is 32.0 Å². The van der Waals surface area contributed by atoms with Crippen LogP contribution in [-0.2, 0) is 10.0 Å². The minimum Gasteiger partial charge on any atom is -0.363 e. The Bertz CT molecular complexity index is 684. The van der Waals surface area contributed by atoms with Gasteiger partial charge in [-0.3, -0.25) is 0 Å². The van der Waals surface area contributed by atoms with Crippen LogP contribution >= 0.6 is 0 Å². The quantitative estimate of drug-likeness (QED) is 0.833. The van der Waals surface area contributed by atoms with Crippen molar-refractivity contribution in [2.75, 3.05) is 25.5 Å². The van der Waals surface area contributed by atoms with Crippen molar-refractivity contribution >= 4 is 15.8 Å². The molecule has 1 saturated carbocycles. The molecular formula is C17H28N4O2S. The van der Waals surface area contributed by atoms with E-state index in [-0.39, 0.29) is 11.3 Å². The third kappa shape index (κ3) is 3.42. The maximum atomic E-state index is 13.1. The second kappa shape index (κ2) is 6.96. The molecule has 3 rings (SSSR count). The first-order chi connectivity index (χ1) is 11.4. The van der Waals surface area contributed by atoms with E-state index in [9.17, 15) is 8.42 Å². The molecule has 24 heavy (non-hydrogen) atoms. The highest BCUT2D eigenvalue weighted by molar-refractivity contribution is 7.89. The van der Waals surface area contributed by atoms with Gasteiger partial charge in [0.1, 0.15) is 11.6 Å². The number of aryl methyl sites for hydroxylation is 1. The molecule has 6 nitrogen and oxygen atoms in total. The number of hydrogen-bond donors (Lipinski definition) is 0. The van der Waals surface area contributed by atoms with Gasteiger partial charge in [0.2, 0.25) is 10.0 Å². The molecular weight excluding hydrogens is 324 g/mol. The maximum absolute atomic E-state index is 13.1. The SMILES string of the molecule is Cc1nc([C@H]2CCCN2S(=O)(=O)C2CCCCC2)cc(N(C)C)n1. The van der Waals surface area contributed by atoms with E-state index in [1.165, 1.54) is 0 Å². The van der Waals surface area contributed by atoms with Crippen molar-refractivity contribution in [1.82, 2.24) is 14.3 Å². The molecule has 1 aromatic heterocycles. The third-order valence-electron chi connectivity index (χ3n) is 5.15. The molecule has 2 aliphatic rings. The third-order valence-corrected chi connectivity index (χ3v) is 7.55. The van der Waals surface area contributed by atoms with Crippen LogP contribution in [-0.4, -0.2) is 48.6 Å². The number of nitrogens with zero attached hydrogens (tertiary/aromatic N) is 4. The van der Waals surface area contributed by atoms with Crippen molar-refractivity contribution in [3.63, 3.8) is 0 Å². The highest BCUT2D eigenvalue weighted by atomic mass is 32.2. The zero-order valence-corrected chi connectivity index (χ0v) is 15.7. The molecule has 0 N–H and O–H groups in total. The standard InChI is InChI=1S/C17H28N4O2S/c1-13-18-15(12-17(19-13)20(2)3)16-10-7-11-21(16)24(22,23)14-8-5-4-6-9-14/h12,14,16H,4-11H2,1-3H3/t16-/m1/s1. The zero-order valence-electron chi connectivity index (χ0n) is 14.9. The van der Waals surface area contributed by atoms with Gasteiger partial charge in [-0.05, 0) is 32.6 Å². The highest BCUT2D eigenvalue weighted by Gasteiger charge is 2.40. The smallest absolute Gasteiger partial charge is 0.217 e. The number of aromatic nitrogens is 2. The van der Waals surface area contributed by atoms with Crippen LogP contribution in [0.15, 0.2) is 6.07 Å². The Balaban J connectivity index is 1.90. The Morgan fingerprint density at radius 3 is 2.46 bits per heavy atom. The molecule has 7 heteroatoms. The first-order valence-corrected chi connectivity index (χ1v) is 10.4. The predicted octanol–water partition coefficient (Wildman–Crippen LogP) is 2.65. The van der Waals surface area contributed by atoms with E-state index in [2.05, 4.69) is 9.97 Å². The first-order valence-electron chi connectivity index (χ1n) is 8.93. The Morgan fingerprint density at radius 2 is 1.79 bits per heavy atom. The average molecular weight is 353 g/mol. The van der Waals surface area contributed by atoms with Gasteiger partial charge >= 0.3 is 0 Å². The normalized spacial score (nSPS) is 23.5. The van der Waals surface area contributed by atoms with Crippen LogP contribution in [0.25, 0.3) is 0 Å². The first kappa shape index (κ1) is 17.6. The summed E-state index contributed by atoms with van der Waals surface area (Å²) in [7, 11) is 0.637. The van der Waals surface area contributed by atoms with E-state index in [4.69, 9.17) is 0 Å². The van der Waals surface area contributed by atoms with Crippen LogP contribution in [0, 0.1) is 6.92 Å². The summed E-state index contributed by atoms with van der Waals surface area (Å²) in [5.41, 5.74) is 0.836. The largest absolute Gasteiger partial charge is 0.363 e. The molecule has 0 aromatic carbocycles. The van der Waals surface area contributed by atoms with E-state index in [1.54, 1.807) is 4.31 Å². The molecule has 0 spiro atoms. The second-order valence-corrected chi connectivity index (χ2v) is 9.33. The summed E-state index contributed by atoms with van der Waals surface area (Å²) in [6, 6.07) is 1.80. The van der Waals surface area contributed by atoms with Crippen molar-refractivity contribution in [2.24, 2.45) is 0 Å². The fraction of sp³-hybridized carbons (Fsp3) is 0.765. The van der Waals surface area contributed by atoms with Gasteiger partial charge < -0.3 is 4.90 Å².